The highest BCUT2D eigenvalue weighted by molar-refractivity contribution is 6.21. The van der Waals surface area contributed by atoms with Crippen molar-refractivity contribution in [3.05, 3.63) is 35.4 Å². The maximum Gasteiger partial charge on any atom is 0.262 e. The van der Waals surface area contributed by atoms with Crippen LogP contribution in [0.25, 0.3) is 0 Å². The summed E-state index contributed by atoms with van der Waals surface area (Å²) in [6.45, 7) is 1.80. The van der Waals surface area contributed by atoms with Crippen LogP contribution in [0.4, 0.5) is 0 Å². The number of aliphatic hydroxyl groups excluding tert-OH is 2. The Kier molecular flexibility index (Phi) is 4.20. The average Bonchev–Trinajstić information content (AvgIpc) is 2.82. The van der Waals surface area contributed by atoms with Crippen LogP contribution in [-0.2, 0) is 9.47 Å². The Morgan fingerprint density at radius 3 is 2.17 bits per heavy atom. The lowest BCUT2D eigenvalue weighted by Gasteiger charge is -2.44. The molecule has 5 atom stereocenters. The van der Waals surface area contributed by atoms with E-state index in [1.165, 1.54) is 7.11 Å². The van der Waals surface area contributed by atoms with Crippen molar-refractivity contribution in [1.82, 2.24) is 4.90 Å². The molecular weight excluding hydrogens is 302 g/mol. The van der Waals surface area contributed by atoms with Crippen LogP contribution in [0.5, 0.6) is 0 Å². The number of benzene rings is 1. The van der Waals surface area contributed by atoms with E-state index in [-0.39, 0.29) is 11.1 Å². The quantitative estimate of drug-likeness (QED) is 0.770. The monoisotopic (exact) mass is 321 g/mol. The van der Waals surface area contributed by atoms with Gasteiger partial charge in [-0.15, -0.1) is 0 Å². The van der Waals surface area contributed by atoms with Gasteiger partial charge in [0.2, 0.25) is 0 Å². The van der Waals surface area contributed by atoms with Gasteiger partial charge in [-0.25, -0.2) is 0 Å². The Morgan fingerprint density at radius 2 is 1.70 bits per heavy atom. The molecule has 0 spiro atoms. The summed E-state index contributed by atoms with van der Waals surface area (Å²) in [4.78, 5) is 26.1. The minimum absolute atomic E-state index is 0.270. The molecule has 7 nitrogen and oxygen atoms in total. The van der Waals surface area contributed by atoms with Crippen molar-refractivity contribution in [2.45, 2.75) is 44.0 Å². The van der Waals surface area contributed by atoms with E-state index < -0.39 is 42.5 Å². The van der Waals surface area contributed by atoms with E-state index in [4.69, 9.17) is 9.47 Å². The highest BCUT2D eigenvalue weighted by Crippen LogP contribution is 2.32. The molecule has 2 N–H and O–H groups in total. The van der Waals surface area contributed by atoms with Gasteiger partial charge in [0.05, 0.1) is 17.2 Å². The van der Waals surface area contributed by atoms with Gasteiger partial charge in [0, 0.05) is 7.11 Å². The SMILES string of the molecule is CCC1OC(OC)[C@@H](N2C(=O)c3ccccc3C2=O)[C@@H](O)[C@@H]1O. The van der Waals surface area contributed by atoms with Crippen LogP contribution in [0.15, 0.2) is 24.3 Å². The fourth-order valence-corrected chi connectivity index (χ4v) is 3.20. The summed E-state index contributed by atoms with van der Waals surface area (Å²) in [6.07, 6.45) is -3.71. The molecule has 2 heterocycles. The van der Waals surface area contributed by atoms with Gasteiger partial charge in [0.25, 0.3) is 11.8 Å². The first kappa shape index (κ1) is 16.1. The number of fused-ring (bicyclic) bond motifs is 1. The molecule has 1 aromatic carbocycles. The summed E-state index contributed by atoms with van der Waals surface area (Å²) >= 11 is 0. The number of carbonyl (C=O) groups is 2. The normalized spacial score (nSPS) is 33.9. The lowest BCUT2D eigenvalue weighted by Crippen LogP contribution is -2.64. The van der Waals surface area contributed by atoms with Crippen molar-refractivity contribution in [3.8, 4) is 0 Å². The van der Waals surface area contributed by atoms with Gasteiger partial charge in [-0.1, -0.05) is 19.1 Å². The second-order valence-electron chi connectivity index (χ2n) is 5.68. The molecule has 1 aromatic rings. The van der Waals surface area contributed by atoms with Gasteiger partial charge in [0.1, 0.15) is 18.2 Å². The summed E-state index contributed by atoms with van der Waals surface area (Å²) in [5.41, 5.74) is 0.540. The largest absolute Gasteiger partial charge is 0.388 e. The molecule has 2 aliphatic rings. The van der Waals surface area contributed by atoms with Crippen LogP contribution in [0.3, 0.4) is 0 Å². The van der Waals surface area contributed by atoms with E-state index in [1.54, 1.807) is 31.2 Å². The Balaban J connectivity index is 1.97. The van der Waals surface area contributed by atoms with Crippen LogP contribution < -0.4 is 0 Å². The number of carbonyl (C=O) groups excluding carboxylic acids is 2. The maximum absolute atomic E-state index is 12.6. The molecule has 124 valence electrons. The first-order valence-electron chi connectivity index (χ1n) is 7.52. The molecule has 1 saturated heterocycles. The molecule has 1 fully saturated rings. The molecule has 2 amide bonds. The number of hydrogen-bond donors (Lipinski definition) is 2. The zero-order valence-electron chi connectivity index (χ0n) is 12.9. The number of ether oxygens (including phenoxy) is 2. The summed E-state index contributed by atoms with van der Waals surface area (Å²) < 4.78 is 10.8. The highest BCUT2D eigenvalue weighted by Gasteiger charge is 2.52. The van der Waals surface area contributed by atoms with Gasteiger partial charge in [-0.2, -0.15) is 0 Å². The number of rotatable bonds is 3. The first-order chi connectivity index (χ1) is 11.0. The third-order valence-corrected chi connectivity index (χ3v) is 4.43. The Hall–Kier alpha value is -1.80. The Labute approximate surface area is 133 Å². The van der Waals surface area contributed by atoms with Crippen molar-refractivity contribution >= 4 is 11.8 Å². The summed E-state index contributed by atoms with van der Waals surface area (Å²) in [5.74, 6) is -1.05. The molecular formula is C16H19NO6. The molecule has 23 heavy (non-hydrogen) atoms. The average molecular weight is 321 g/mol. The van der Waals surface area contributed by atoms with Crippen molar-refractivity contribution in [2.24, 2.45) is 0 Å². The lowest BCUT2D eigenvalue weighted by atomic mass is 9.94. The summed E-state index contributed by atoms with van der Waals surface area (Å²) in [7, 11) is 1.37. The van der Waals surface area contributed by atoms with Crippen molar-refractivity contribution < 1.29 is 29.3 Å². The molecule has 0 radical (unpaired) electrons. The van der Waals surface area contributed by atoms with E-state index >= 15 is 0 Å². The number of imide groups is 1. The second-order valence-corrected chi connectivity index (χ2v) is 5.68. The summed E-state index contributed by atoms with van der Waals surface area (Å²) in [5, 5.41) is 20.7. The molecule has 3 rings (SSSR count). The maximum atomic E-state index is 12.6. The van der Waals surface area contributed by atoms with Crippen LogP contribution in [0.2, 0.25) is 0 Å². The highest BCUT2D eigenvalue weighted by atomic mass is 16.7. The lowest BCUT2D eigenvalue weighted by molar-refractivity contribution is -0.266. The summed E-state index contributed by atoms with van der Waals surface area (Å²) in [6, 6.07) is 5.33. The Bertz CT molecular complexity index is 596. The zero-order valence-corrected chi connectivity index (χ0v) is 12.9. The molecule has 0 aromatic heterocycles. The fraction of sp³-hybridized carbons (Fsp3) is 0.500. The van der Waals surface area contributed by atoms with E-state index in [0.717, 1.165) is 4.90 Å². The zero-order chi connectivity index (χ0) is 16.7. The van der Waals surface area contributed by atoms with E-state index in [2.05, 4.69) is 0 Å². The van der Waals surface area contributed by atoms with Crippen LogP contribution >= 0.6 is 0 Å². The van der Waals surface area contributed by atoms with E-state index in [9.17, 15) is 19.8 Å². The molecule has 2 unspecified atom stereocenters. The Morgan fingerprint density at radius 1 is 1.13 bits per heavy atom. The first-order valence-corrected chi connectivity index (χ1v) is 7.52. The van der Waals surface area contributed by atoms with E-state index in [1.807, 2.05) is 0 Å². The number of hydrogen-bond acceptors (Lipinski definition) is 6. The van der Waals surface area contributed by atoms with Gasteiger partial charge < -0.3 is 19.7 Å². The van der Waals surface area contributed by atoms with Crippen LogP contribution in [0.1, 0.15) is 34.1 Å². The third kappa shape index (κ3) is 2.36. The standard InChI is InChI=1S/C16H19NO6/c1-3-10-12(18)13(19)11(16(22-2)23-10)17-14(20)8-6-4-5-7-9(8)15(17)21/h4-7,10-13,16,18-19H,3H2,1-2H3/t10?,11-,12+,13+,16?/m0/s1. The number of aliphatic hydroxyl groups is 2. The van der Waals surface area contributed by atoms with Gasteiger partial charge in [-0.3, -0.25) is 14.5 Å². The molecule has 0 saturated carbocycles. The number of nitrogens with zero attached hydrogens (tertiary/aromatic N) is 1. The van der Waals surface area contributed by atoms with Gasteiger partial charge in [0.15, 0.2) is 6.29 Å². The van der Waals surface area contributed by atoms with Crippen LogP contribution in [0, 0.1) is 0 Å². The molecule has 7 heteroatoms. The van der Waals surface area contributed by atoms with Crippen LogP contribution in [-0.4, -0.2) is 64.7 Å². The van der Waals surface area contributed by atoms with Gasteiger partial charge in [-0.05, 0) is 18.6 Å². The minimum atomic E-state index is -1.35. The van der Waals surface area contributed by atoms with Crippen molar-refractivity contribution in [2.75, 3.05) is 7.11 Å². The molecule has 2 aliphatic heterocycles. The number of methoxy groups -OCH3 is 1. The van der Waals surface area contributed by atoms with Crippen molar-refractivity contribution in [3.63, 3.8) is 0 Å². The smallest absolute Gasteiger partial charge is 0.262 e. The third-order valence-electron chi connectivity index (χ3n) is 4.43. The number of amides is 2. The fourth-order valence-electron chi connectivity index (χ4n) is 3.20. The van der Waals surface area contributed by atoms with Gasteiger partial charge >= 0.3 is 0 Å². The van der Waals surface area contributed by atoms with Crippen molar-refractivity contribution in [1.29, 1.82) is 0 Å². The topological polar surface area (TPSA) is 96.3 Å². The predicted molar refractivity (Wildman–Crippen MR) is 78.7 cm³/mol. The molecule has 0 bridgehead atoms. The predicted octanol–water partition coefficient (Wildman–Crippen LogP) is 0.154. The second kappa shape index (κ2) is 6.01. The van der Waals surface area contributed by atoms with E-state index in [0.29, 0.717) is 6.42 Å². The minimum Gasteiger partial charge on any atom is -0.388 e. The molecule has 0 aliphatic carbocycles.